The van der Waals surface area contributed by atoms with Gasteiger partial charge in [0.1, 0.15) is 6.07 Å². The molecule has 116 valence electrons. The molecule has 1 heterocycles. The molecular formula is C18H15Cl2N3. The Balaban J connectivity index is 0.00000192. The standard InChI is InChI=1S/C18H14ClN3.ClH/c1-11-3-5-15(7-12(11)2)22-18-13(9-20)10-21-17-6-4-14(19)8-16(17)18;/h3-8,10H,1-2H3,(H,21,22);1H. The minimum absolute atomic E-state index is 0. The number of nitriles is 1. The number of hydrogen-bond donors (Lipinski definition) is 1. The number of fused-ring (bicyclic) bond motifs is 1. The maximum absolute atomic E-state index is 9.36. The molecule has 3 rings (SSSR count). The summed E-state index contributed by atoms with van der Waals surface area (Å²) in [5.74, 6) is 0. The van der Waals surface area contributed by atoms with E-state index in [1.807, 2.05) is 18.2 Å². The van der Waals surface area contributed by atoms with Crippen molar-refractivity contribution in [3.63, 3.8) is 0 Å². The highest BCUT2D eigenvalue weighted by Crippen LogP contribution is 2.31. The Morgan fingerprint density at radius 2 is 1.87 bits per heavy atom. The van der Waals surface area contributed by atoms with E-state index in [0.717, 1.165) is 22.3 Å². The first-order valence-electron chi connectivity index (χ1n) is 6.91. The lowest BCUT2D eigenvalue weighted by Gasteiger charge is -2.13. The van der Waals surface area contributed by atoms with Crippen molar-refractivity contribution in [3.05, 3.63) is 64.3 Å². The van der Waals surface area contributed by atoms with Crippen molar-refractivity contribution in [1.82, 2.24) is 4.98 Å². The van der Waals surface area contributed by atoms with E-state index in [9.17, 15) is 5.26 Å². The van der Waals surface area contributed by atoms with Crippen LogP contribution < -0.4 is 5.32 Å². The number of halogens is 2. The Hall–Kier alpha value is -2.28. The van der Waals surface area contributed by atoms with E-state index in [1.165, 1.54) is 11.1 Å². The molecule has 1 aromatic heterocycles. The highest BCUT2D eigenvalue weighted by Gasteiger charge is 2.10. The van der Waals surface area contributed by atoms with E-state index in [-0.39, 0.29) is 12.4 Å². The molecule has 0 aliphatic carbocycles. The van der Waals surface area contributed by atoms with Crippen molar-refractivity contribution in [3.8, 4) is 6.07 Å². The summed E-state index contributed by atoms with van der Waals surface area (Å²) in [7, 11) is 0. The Bertz CT molecular complexity index is 914. The predicted octanol–water partition coefficient (Wildman–Crippen LogP) is 5.54. The molecule has 0 saturated carbocycles. The molecule has 0 aliphatic rings. The topological polar surface area (TPSA) is 48.7 Å². The van der Waals surface area contributed by atoms with Crippen LogP contribution in [0.3, 0.4) is 0 Å². The van der Waals surface area contributed by atoms with Crippen LogP contribution in [0.2, 0.25) is 5.02 Å². The van der Waals surface area contributed by atoms with Crippen molar-refractivity contribution in [2.75, 3.05) is 5.32 Å². The largest absolute Gasteiger partial charge is 0.354 e. The van der Waals surface area contributed by atoms with Gasteiger partial charge in [0.05, 0.1) is 16.8 Å². The number of rotatable bonds is 2. The molecular weight excluding hydrogens is 329 g/mol. The second-order valence-electron chi connectivity index (χ2n) is 5.24. The van der Waals surface area contributed by atoms with Crippen LogP contribution in [-0.4, -0.2) is 4.98 Å². The number of benzene rings is 2. The van der Waals surface area contributed by atoms with Gasteiger partial charge in [-0.25, -0.2) is 0 Å². The van der Waals surface area contributed by atoms with Crippen LogP contribution in [0.5, 0.6) is 0 Å². The normalized spacial score (nSPS) is 10.0. The third-order valence-corrected chi connectivity index (χ3v) is 3.96. The summed E-state index contributed by atoms with van der Waals surface area (Å²) in [4.78, 5) is 4.31. The summed E-state index contributed by atoms with van der Waals surface area (Å²) >= 11 is 6.10. The molecule has 0 unspecified atom stereocenters. The predicted molar refractivity (Wildman–Crippen MR) is 97.9 cm³/mol. The van der Waals surface area contributed by atoms with E-state index in [4.69, 9.17) is 11.6 Å². The molecule has 0 fully saturated rings. The van der Waals surface area contributed by atoms with Crippen LogP contribution in [0, 0.1) is 25.2 Å². The van der Waals surface area contributed by atoms with Gasteiger partial charge in [-0.2, -0.15) is 5.26 Å². The van der Waals surface area contributed by atoms with Crippen molar-refractivity contribution >= 4 is 46.3 Å². The molecule has 0 saturated heterocycles. The Morgan fingerprint density at radius 3 is 2.57 bits per heavy atom. The first-order chi connectivity index (χ1) is 10.6. The fraction of sp³-hybridized carbons (Fsp3) is 0.111. The van der Waals surface area contributed by atoms with Gasteiger partial charge in [0.25, 0.3) is 0 Å². The molecule has 3 nitrogen and oxygen atoms in total. The first kappa shape index (κ1) is 17.1. The minimum atomic E-state index is 0. The zero-order valence-electron chi connectivity index (χ0n) is 12.7. The van der Waals surface area contributed by atoms with Crippen molar-refractivity contribution in [2.45, 2.75) is 13.8 Å². The fourth-order valence-electron chi connectivity index (χ4n) is 2.35. The van der Waals surface area contributed by atoms with Crippen LogP contribution in [0.1, 0.15) is 16.7 Å². The van der Waals surface area contributed by atoms with Crippen LogP contribution in [-0.2, 0) is 0 Å². The minimum Gasteiger partial charge on any atom is -0.354 e. The molecule has 1 N–H and O–H groups in total. The summed E-state index contributed by atoms with van der Waals surface area (Å²) in [5, 5.41) is 14.2. The van der Waals surface area contributed by atoms with Gasteiger partial charge in [0.15, 0.2) is 0 Å². The van der Waals surface area contributed by atoms with Gasteiger partial charge in [-0.15, -0.1) is 12.4 Å². The van der Waals surface area contributed by atoms with Crippen LogP contribution in [0.25, 0.3) is 10.9 Å². The van der Waals surface area contributed by atoms with Crippen molar-refractivity contribution in [2.24, 2.45) is 0 Å². The molecule has 23 heavy (non-hydrogen) atoms. The number of hydrogen-bond acceptors (Lipinski definition) is 3. The third-order valence-electron chi connectivity index (χ3n) is 3.73. The smallest absolute Gasteiger partial charge is 0.103 e. The summed E-state index contributed by atoms with van der Waals surface area (Å²) in [6.07, 6.45) is 1.58. The van der Waals surface area contributed by atoms with Gasteiger partial charge in [0, 0.05) is 22.3 Å². The maximum Gasteiger partial charge on any atom is 0.103 e. The van der Waals surface area contributed by atoms with Gasteiger partial charge >= 0.3 is 0 Å². The summed E-state index contributed by atoms with van der Waals surface area (Å²) in [5.41, 5.74) is 5.39. The number of anilines is 2. The summed E-state index contributed by atoms with van der Waals surface area (Å²) in [6.45, 7) is 4.13. The van der Waals surface area contributed by atoms with E-state index in [2.05, 4.69) is 42.4 Å². The average molecular weight is 344 g/mol. The van der Waals surface area contributed by atoms with Gasteiger partial charge in [0.2, 0.25) is 0 Å². The fourth-order valence-corrected chi connectivity index (χ4v) is 2.52. The molecule has 0 radical (unpaired) electrons. The second-order valence-corrected chi connectivity index (χ2v) is 5.68. The Kier molecular flexibility index (Phi) is 5.10. The van der Waals surface area contributed by atoms with E-state index >= 15 is 0 Å². The zero-order valence-corrected chi connectivity index (χ0v) is 14.3. The number of pyridine rings is 1. The van der Waals surface area contributed by atoms with Gasteiger partial charge in [-0.3, -0.25) is 4.98 Å². The second kappa shape index (κ2) is 6.87. The lowest BCUT2D eigenvalue weighted by atomic mass is 10.1. The first-order valence-corrected chi connectivity index (χ1v) is 7.29. The number of aryl methyl sites for hydroxylation is 2. The van der Waals surface area contributed by atoms with Crippen molar-refractivity contribution in [1.29, 1.82) is 5.26 Å². The van der Waals surface area contributed by atoms with Gasteiger partial charge in [-0.1, -0.05) is 17.7 Å². The van der Waals surface area contributed by atoms with Gasteiger partial charge < -0.3 is 5.32 Å². The van der Waals surface area contributed by atoms with Gasteiger partial charge in [-0.05, 0) is 55.3 Å². The number of nitrogens with zero attached hydrogens (tertiary/aromatic N) is 2. The Morgan fingerprint density at radius 1 is 1.09 bits per heavy atom. The lowest BCUT2D eigenvalue weighted by Crippen LogP contribution is -1.97. The van der Waals surface area contributed by atoms with E-state index in [1.54, 1.807) is 12.3 Å². The monoisotopic (exact) mass is 343 g/mol. The quantitative estimate of drug-likeness (QED) is 0.664. The molecule has 5 heteroatoms. The van der Waals surface area contributed by atoms with E-state index < -0.39 is 0 Å². The maximum atomic E-state index is 9.36. The summed E-state index contributed by atoms with van der Waals surface area (Å²) < 4.78 is 0. The SMILES string of the molecule is Cc1ccc(Nc2c(C#N)cnc3ccc(Cl)cc23)cc1C.Cl. The van der Waals surface area contributed by atoms with Crippen molar-refractivity contribution < 1.29 is 0 Å². The van der Waals surface area contributed by atoms with E-state index in [0.29, 0.717) is 10.6 Å². The molecule has 0 spiro atoms. The zero-order chi connectivity index (χ0) is 15.7. The third kappa shape index (κ3) is 3.39. The van der Waals surface area contributed by atoms with Crippen LogP contribution in [0.4, 0.5) is 11.4 Å². The van der Waals surface area contributed by atoms with Crippen LogP contribution in [0.15, 0.2) is 42.6 Å². The molecule has 0 amide bonds. The summed E-state index contributed by atoms with van der Waals surface area (Å²) in [6, 6.07) is 13.8. The number of aromatic nitrogens is 1. The molecule has 3 aromatic rings. The lowest BCUT2D eigenvalue weighted by molar-refractivity contribution is 1.33. The average Bonchev–Trinajstić information content (AvgIpc) is 2.51. The Labute approximate surface area is 146 Å². The number of nitrogens with one attached hydrogen (secondary N) is 1. The molecule has 0 bridgehead atoms. The molecule has 0 aliphatic heterocycles. The highest BCUT2D eigenvalue weighted by atomic mass is 35.5. The van der Waals surface area contributed by atoms with Crippen LogP contribution >= 0.6 is 24.0 Å². The molecule has 2 aromatic carbocycles. The molecule has 0 atom stereocenters. The highest BCUT2D eigenvalue weighted by molar-refractivity contribution is 6.31.